The molecule has 0 atom stereocenters. The van der Waals surface area contributed by atoms with Crippen LogP contribution in [0, 0.1) is 5.92 Å². The summed E-state index contributed by atoms with van der Waals surface area (Å²) in [6, 6.07) is 2.43. The van der Waals surface area contributed by atoms with Crippen molar-refractivity contribution in [1.82, 2.24) is 14.3 Å². The van der Waals surface area contributed by atoms with E-state index in [0.29, 0.717) is 31.6 Å². The van der Waals surface area contributed by atoms with Gasteiger partial charge in [-0.2, -0.15) is 28.8 Å². The zero-order valence-electron chi connectivity index (χ0n) is 12.7. The predicted molar refractivity (Wildman–Crippen MR) is 87.5 cm³/mol. The van der Waals surface area contributed by atoms with Crippen LogP contribution in [0.3, 0.4) is 0 Å². The molecule has 0 amide bonds. The Morgan fingerprint density at radius 2 is 2.10 bits per heavy atom. The van der Waals surface area contributed by atoms with Crippen molar-refractivity contribution in [2.75, 3.05) is 19.6 Å². The van der Waals surface area contributed by atoms with E-state index in [4.69, 9.17) is 0 Å². The minimum atomic E-state index is -3.35. The Hall–Kier alpha value is -0.470. The van der Waals surface area contributed by atoms with E-state index in [2.05, 4.69) is 23.9 Å². The molecule has 0 aliphatic carbocycles. The Bertz CT molecular complexity index is 506. The van der Waals surface area contributed by atoms with Crippen molar-refractivity contribution in [1.29, 1.82) is 0 Å². The molecule has 2 rings (SSSR count). The number of rotatable bonds is 7. The van der Waals surface area contributed by atoms with Gasteiger partial charge in [0.1, 0.15) is 0 Å². The van der Waals surface area contributed by atoms with Crippen LogP contribution in [-0.4, -0.2) is 38.4 Å². The molecule has 1 aromatic heterocycles. The zero-order valence-corrected chi connectivity index (χ0v) is 14.3. The highest BCUT2D eigenvalue weighted by Crippen LogP contribution is 2.19. The lowest BCUT2D eigenvalue weighted by atomic mass is 9.98. The highest BCUT2D eigenvalue weighted by atomic mass is 32.2. The Balaban J connectivity index is 1.77. The highest BCUT2D eigenvalue weighted by Gasteiger charge is 2.27. The van der Waals surface area contributed by atoms with E-state index in [0.717, 1.165) is 24.9 Å². The molecule has 1 aliphatic rings. The van der Waals surface area contributed by atoms with Crippen LogP contribution < -0.4 is 10.0 Å². The smallest absolute Gasteiger partial charge is 0.279 e. The van der Waals surface area contributed by atoms with Crippen molar-refractivity contribution in [3.63, 3.8) is 0 Å². The summed E-state index contributed by atoms with van der Waals surface area (Å²) in [7, 11) is -3.35. The molecule has 2 heterocycles. The van der Waals surface area contributed by atoms with Gasteiger partial charge in [-0.25, -0.2) is 0 Å². The Morgan fingerprint density at radius 1 is 1.38 bits per heavy atom. The molecule has 7 heteroatoms. The normalized spacial score (nSPS) is 18.4. The Morgan fingerprint density at radius 3 is 2.67 bits per heavy atom. The number of piperidine rings is 1. The molecule has 1 aliphatic heterocycles. The topological polar surface area (TPSA) is 61.4 Å². The van der Waals surface area contributed by atoms with Gasteiger partial charge >= 0.3 is 0 Å². The average molecular weight is 332 g/mol. The summed E-state index contributed by atoms with van der Waals surface area (Å²) >= 11 is 1.58. The van der Waals surface area contributed by atoms with Crippen LogP contribution in [0.15, 0.2) is 16.8 Å². The van der Waals surface area contributed by atoms with E-state index in [1.807, 2.05) is 16.8 Å². The fraction of sp³-hybridized carbons (Fsp3) is 0.714. The van der Waals surface area contributed by atoms with E-state index in [1.165, 1.54) is 0 Å². The van der Waals surface area contributed by atoms with Crippen molar-refractivity contribution >= 4 is 21.5 Å². The Labute approximate surface area is 131 Å². The highest BCUT2D eigenvalue weighted by molar-refractivity contribution is 7.87. The lowest BCUT2D eigenvalue weighted by Gasteiger charge is -2.31. The summed E-state index contributed by atoms with van der Waals surface area (Å²) in [5, 5.41) is 7.35. The summed E-state index contributed by atoms with van der Waals surface area (Å²) in [6.07, 6.45) is 1.86. The quantitative estimate of drug-likeness (QED) is 0.801. The SMILES string of the molecule is CC(C)NCC1CCN(S(=O)(=O)NCc2ccsc2)CC1. The second kappa shape index (κ2) is 7.69. The van der Waals surface area contributed by atoms with Gasteiger partial charge < -0.3 is 5.32 Å². The van der Waals surface area contributed by atoms with Crippen LogP contribution in [0.2, 0.25) is 0 Å². The lowest BCUT2D eigenvalue weighted by Crippen LogP contribution is -2.46. The fourth-order valence-corrected chi connectivity index (χ4v) is 4.31. The number of hydrogen-bond acceptors (Lipinski definition) is 4. The van der Waals surface area contributed by atoms with E-state index in [-0.39, 0.29) is 0 Å². The molecule has 0 saturated carbocycles. The third kappa shape index (κ3) is 5.34. The van der Waals surface area contributed by atoms with E-state index < -0.39 is 10.2 Å². The van der Waals surface area contributed by atoms with Crippen molar-refractivity contribution in [2.24, 2.45) is 5.92 Å². The minimum Gasteiger partial charge on any atom is -0.314 e. The van der Waals surface area contributed by atoms with E-state index in [1.54, 1.807) is 15.6 Å². The monoisotopic (exact) mass is 331 g/mol. The maximum atomic E-state index is 12.3. The van der Waals surface area contributed by atoms with E-state index >= 15 is 0 Å². The van der Waals surface area contributed by atoms with Crippen LogP contribution in [0.1, 0.15) is 32.3 Å². The first-order valence-corrected chi connectivity index (χ1v) is 9.85. The first-order valence-electron chi connectivity index (χ1n) is 7.46. The van der Waals surface area contributed by atoms with Gasteiger partial charge in [0.25, 0.3) is 10.2 Å². The molecule has 0 radical (unpaired) electrons. The van der Waals surface area contributed by atoms with Gasteiger partial charge in [-0.05, 0) is 47.7 Å². The molecule has 5 nitrogen and oxygen atoms in total. The molecular weight excluding hydrogens is 306 g/mol. The van der Waals surface area contributed by atoms with Crippen LogP contribution in [-0.2, 0) is 16.8 Å². The Kier molecular flexibility index (Phi) is 6.19. The molecule has 1 saturated heterocycles. The van der Waals surface area contributed by atoms with Crippen molar-refractivity contribution in [2.45, 2.75) is 39.3 Å². The van der Waals surface area contributed by atoms with Crippen molar-refractivity contribution in [3.05, 3.63) is 22.4 Å². The van der Waals surface area contributed by atoms with Crippen molar-refractivity contribution < 1.29 is 8.42 Å². The van der Waals surface area contributed by atoms with Gasteiger partial charge in [0.15, 0.2) is 0 Å². The maximum Gasteiger partial charge on any atom is 0.279 e. The number of nitrogens with one attached hydrogen (secondary N) is 2. The fourth-order valence-electron chi connectivity index (χ4n) is 2.42. The molecule has 120 valence electrons. The number of nitrogens with zero attached hydrogens (tertiary/aromatic N) is 1. The van der Waals surface area contributed by atoms with E-state index in [9.17, 15) is 8.42 Å². The third-order valence-electron chi connectivity index (χ3n) is 3.77. The minimum absolute atomic E-state index is 0.376. The van der Waals surface area contributed by atoms with Crippen LogP contribution in [0.5, 0.6) is 0 Å². The molecule has 1 aromatic rings. The second-order valence-corrected chi connectivity index (χ2v) is 8.40. The van der Waals surface area contributed by atoms with Gasteiger partial charge in [-0.1, -0.05) is 13.8 Å². The molecule has 2 N–H and O–H groups in total. The summed E-state index contributed by atoms with van der Waals surface area (Å²) in [6.45, 7) is 6.85. The zero-order chi connectivity index (χ0) is 15.3. The summed E-state index contributed by atoms with van der Waals surface area (Å²) in [5.74, 6) is 0.579. The first-order chi connectivity index (χ1) is 9.97. The molecule has 0 spiro atoms. The third-order valence-corrected chi connectivity index (χ3v) is 6.05. The molecular formula is C14H25N3O2S2. The second-order valence-electron chi connectivity index (χ2n) is 5.86. The molecule has 21 heavy (non-hydrogen) atoms. The summed E-state index contributed by atoms with van der Waals surface area (Å²) < 4.78 is 28.8. The van der Waals surface area contributed by atoms with Crippen LogP contribution >= 0.6 is 11.3 Å². The molecule has 0 unspecified atom stereocenters. The van der Waals surface area contributed by atoms with Gasteiger partial charge in [0.2, 0.25) is 0 Å². The van der Waals surface area contributed by atoms with Crippen LogP contribution in [0.4, 0.5) is 0 Å². The molecule has 0 bridgehead atoms. The summed E-state index contributed by atoms with van der Waals surface area (Å²) in [5.41, 5.74) is 1.01. The number of hydrogen-bond donors (Lipinski definition) is 2. The van der Waals surface area contributed by atoms with Gasteiger partial charge in [-0.15, -0.1) is 0 Å². The molecule has 0 aromatic carbocycles. The average Bonchev–Trinajstić information content (AvgIpc) is 2.97. The van der Waals surface area contributed by atoms with Crippen molar-refractivity contribution in [3.8, 4) is 0 Å². The largest absolute Gasteiger partial charge is 0.314 e. The van der Waals surface area contributed by atoms with Gasteiger partial charge in [-0.3, -0.25) is 0 Å². The van der Waals surface area contributed by atoms with Gasteiger partial charge in [0.05, 0.1) is 0 Å². The predicted octanol–water partition coefficient (Wildman–Crippen LogP) is 1.79. The standard InChI is InChI=1S/C14H25N3O2S2/c1-12(2)15-9-13-3-6-17(7-4-13)21(18,19)16-10-14-5-8-20-11-14/h5,8,11-13,15-16H,3-4,6-7,9-10H2,1-2H3. The summed E-state index contributed by atoms with van der Waals surface area (Å²) in [4.78, 5) is 0. The maximum absolute atomic E-state index is 12.3. The lowest BCUT2D eigenvalue weighted by molar-refractivity contribution is 0.261. The number of thiophene rings is 1. The van der Waals surface area contributed by atoms with Gasteiger partial charge in [0, 0.05) is 25.7 Å². The first kappa shape index (κ1) is 16.9. The molecule has 1 fully saturated rings. The van der Waals surface area contributed by atoms with Crippen LogP contribution in [0.25, 0.3) is 0 Å².